The number of nitrogens with one attached hydrogen (secondary N) is 1. The smallest absolute Gasteiger partial charge is 0.248 e. The second-order valence-corrected chi connectivity index (χ2v) is 6.87. The molecule has 0 fully saturated rings. The second kappa shape index (κ2) is 7.20. The maximum Gasteiger partial charge on any atom is 0.248 e. The van der Waals surface area contributed by atoms with Crippen LogP contribution >= 0.6 is 15.9 Å². The van der Waals surface area contributed by atoms with Crippen LogP contribution in [0, 0.1) is 6.92 Å². The molecule has 0 aliphatic rings. The number of halogens is 1. The number of pyridine rings is 1. The summed E-state index contributed by atoms with van der Waals surface area (Å²) in [5.41, 5.74) is 9.09. The summed E-state index contributed by atoms with van der Waals surface area (Å²) in [7, 11) is 0. The first-order valence-electron chi connectivity index (χ1n) is 8.27. The average Bonchev–Trinajstić information content (AvgIpc) is 2.67. The normalized spacial score (nSPS) is 10.7. The monoisotopic (exact) mass is 421 g/mol. The second-order valence-electron chi connectivity index (χ2n) is 5.96. The van der Waals surface area contributed by atoms with Crippen LogP contribution in [0.5, 0.6) is 11.6 Å². The summed E-state index contributed by atoms with van der Waals surface area (Å²) in [5, 5.41) is 4.16. The number of anilines is 3. The van der Waals surface area contributed by atoms with E-state index in [0.717, 1.165) is 26.8 Å². The van der Waals surface area contributed by atoms with Crippen LogP contribution in [0.15, 0.2) is 65.4 Å². The van der Waals surface area contributed by atoms with Gasteiger partial charge >= 0.3 is 0 Å². The molecule has 2 aromatic heterocycles. The Morgan fingerprint density at radius 2 is 1.81 bits per heavy atom. The van der Waals surface area contributed by atoms with Gasteiger partial charge in [0.15, 0.2) is 11.6 Å². The van der Waals surface area contributed by atoms with Gasteiger partial charge in [0.25, 0.3) is 0 Å². The summed E-state index contributed by atoms with van der Waals surface area (Å²) in [6.45, 7) is 1.94. The van der Waals surface area contributed by atoms with Crippen molar-refractivity contribution in [1.29, 1.82) is 0 Å². The van der Waals surface area contributed by atoms with Crippen molar-refractivity contribution in [3.05, 3.63) is 71.1 Å². The molecule has 2 heterocycles. The largest absolute Gasteiger partial charge is 0.435 e. The Morgan fingerprint density at radius 3 is 2.63 bits per heavy atom. The summed E-state index contributed by atoms with van der Waals surface area (Å²) in [5.74, 6) is 1.35. The van der Waals surface area contributed by atoms with E-state index >= 15 is 0 Å². The fourth-order valence-corrected chi connectivity index (χ4v) is 2.90. The zero-order chi connectivity index (χ0) is 18.8. The third kappa shape index (κ3) is 3.68. The van der Waals surface area contributed by atoms with E-state index < -0.39 is 0 Å². The molecule has 0 spiro atoms. The van der Waals surface area contributed by atoms with Gasteiger partial charge in [0.05, 0.1) is 0 Å². The van der Waals surface area contributed by atoms with Crippen molar-refractivity contribution in [1.82, 2.24) is 15.0 Å². The Hall–Kier alpha value is -3.19. The third-order valence-corrected chi connectivity index (χ3v) is 4.51. The van der Waals surface area contributed by atoms with E-state index in [9.17, 15) is 0 Å². The van der Waals surface area contributed by atoms with Crippen molar-refractivity contribution in [2.75, 3.05) is 11.1 Å². The number of rotatable bonds is 4. The van der Waals surface area contributed by atoms with Crippen LogP contribution in [-0.4, -0.2) is 15.0 Å². The number of ether oxygens (including phenoxy) is 1. The summed E-state index contributed by atoms with van der Waals surface area (Å²) in [4.78, 5) is 13.0. The minimum atomic E-state index is 0.278. The van der Waals surface area contributed by atoms with Crippen molar-refractivity contribution in [2.24, 2.45) is 0 Å². The highest BCUT2D eigenvalue weighted by Crippen LogP contribution is 2.33. The molecule has 0 unspecified atom stereocenters. The van der Waals surface area contributed by atoms with Crippen LogP contribution < -0.4 is 15.8 Å². The number of nitrogens with zero attached hydrogens (tertiary/aromatic N) is 3. The predicted molar refractivity (Wildman–Crippen MR) is 110 cm³/mol. The van der Waals surface area contributed by atoms with Crippen molar-refractivity contribution < 1.29 is 4.74 Å². The first-order chi connectivity index (χ1) is 13.1. The number of nitrogen functional groups attached to an aromatic ring is 1. The first-order valence-corrected chi connectivity index (χ1v) is 9.07. The van der Waals surface area contributed by atoms with Gasteiger partial charge in [-0.3, -0.25) is 0 Å². The van der Waals surface area contributed by atoms with Crippen LogP contribution in [-0.2, 0) is 0 Å². The van der Waals surface area contributed by atoms with Gasteiger partial charge in [-0.05, 0) is 43.3 Å². The lowest BCUT2D eigenvalue weighted by molar-refractivity contribution is 0.469. The lowest BCUT2D eigenvalue weighted by Crippen LogP contribution is -2.03. The molecule has 0 amide bonds. The topological polar surface area (TPSA) is 86.0 Å². The van der Waals surface area contributed by atoms with E-state index in [1.807, 2.05) is 61.5 Å². The molecule has 7 heteroatoms. The van der Waals surface area contributed by atoms with Gasteiger partial charge in [-0.1, -0.05) is 34.1 Å². The average molecular weight is 422 g/mol. The molecule has 6 nitrogen and oxygen atoms in total. The van der Waals surface area contributed by atoms with Crippen LogP contribution in [0.3, 0.4) is 0 Å². The SMILES string of the molecule is Cc1ccc2cccc(Oc3ncnc(Nc4ccc(Br)cc4)c3N)c2n1. The van der Waals surface area contributed by atoms with Gasteiger partial charge in [-0.2, -0.15) is 4.98 Å². The van der Waals surface area contributed by atoms with E-state index in [2.05, 4.69) is 36.2 Å². The molecule has 0 saturated heterocycles. The lowest BCUT2D eigenvalue weighted by atomic mass is 10.2. The molecule has 134 valence electrons. The molecule has 4 aromatic rings. The molecule has 2 aromatic carbocycles. The van der Waals surface area contributed by atoms with Crippen LogP contribution in [0.4, 0.5) is 17.2 Å². The zero-order valence-electron chi connectivity index (χ0n) is 14.5. The molecule has 0 aliphatic heterocycles. The van der Waals surface area contributed by atoms with E-state index in [1.165, 1.54) is 6.33 Å². The molecule has 0 atom stereocenters. The highest BCUT2D eigenvalue weighted by Gasteiger charge is 2.13. The first kappa shape index (κ1) is 17.2. The summed E-state index contributed by atoms with van der Waals surface area (Å²) >= 11 is 3.41. The Bertz CT molecular complexity index is 1120. The van der Waals surface area contributed by atoms with E-state index in [0.29, 0.717) is 17.3 Å². The van der Waals surface area contributed by atoms with Gasteiger partial charge in [0.2, 0.25) is 5.88 Å². The van der Waals surface area contributed by atoms with Crippen molar-refractivity contribution >= 4 is 44.0 Å². The number of hydrogen-bond donors (Lipinski definition) is 2. The van der Waals surface area contributed by atoms with Crippen LogP contribution in [0.25, 0.3) is 10.9 Å². The summed E-state index contributed by atoms with van der Waals surface area (Å²) < 4.78 is 6.98. The molecular formula is C20H16BrN5O. The number of aromatic nitrogens is 3. The Morgan fingerprint density at radius 1 is 1.00 bits per heavy atom. The molecular weight excluding hydrogens is 406 g/mol. The molecule has 4 rings (SSSR count). The van der Waals surface area contributed by atoms with E-state index in [4.69, 9.17) is 10.5 Å². The highest BCUT2D eigenvalue weighted by molar-refractivity contribution is 9.10. The highest BCUT2D eigenvalue weighted by atomic mass is 79.9. The number of benzene rings is 2. The Labute approximate surface area is 164 Å². The fourth-order valence-electron chi connectivity index (χ4n) is 2.63. The zero-order valence-corrected chi connectivity index (χ0v) is 16.1. The number of hydrogen-bond acceptors (Lipinski definition) is 6. The molecule has 0 radical (unpaired) electrons. The molecule has 0 aliphatic carbocycles. The minimum Gasteiger partial charge on any atom is -0.435 e. The Balaban J connectivity index is 1.67. The number of fused-ring (bicyclic) bond motifs is 1. The maximum absolute atomic E-state index is 6.24. The van der Waals surface area contributed by atoms with Gasteiger partial charge in [-0.15, -0.1) is 0 Å². The summed E-state index contributed by atoms with van der Waals surface area (Å²) in [6, 6.07) is 17.4. The molecule has 0 saturated carbocycles. The molecule has 0 bridgehead atoms. The summed E-state index contributed by atoms with van der Waals surface area (Å²) in [6.07, 6.45) is 1.41. The van der Waals surface area contributed by atoms with Gasteiger partial charge in [0.1, 0.15) is 17.5 Å². The maximum atomic E-state index is 6.24. The molecule has 27 heavy (non-hydrogen) atoms. The van der Waals surface area contributed by atoms with Crippen molar-refractivity contribution in [3.8, 4) is 11.6 Å². The molecule has 3 N–H and O–H groups in total. The fraction of sp³-hybridized carbons (Fsp3) is 0.0500. The Kier molecular flexibility index (Phi) is 4.60. The van der Waals surface area contributed by atoms with Crippen molar-refractivity contribution in [3.63, 3.8) is 0 Å². The van der Waals surface area contributed by atoms with Crippen LogP contribution in [0.1, 0.15) is 5.69 Å². The lowest BCUT2D eigenvalue weighted by Gasteiger charge is -2.13. The third-order valence-electron chi connectivity index (χ3n) is 3.98. The van der Waals surface area contributed by atoms with Crippen molar-refractivity contribution in [2.45, 2.75) is 6.92 Å². The van der Waals surface area contributed by atoms with Gasteiger partial charge in [-0.25, -0.2) is 9.97 Å². The van der Waals surface area contributed by atoms with Crippen LogP contribution in [0.2, 0.25) is 0 Å². The minimum absolute atomic E-state index is 0.278. The van der Waals surface area contributed by atoms with E-state index in [1.54, 1.807) is 0 Å². The number of para-hydroxylation sites is 1. The van der Waals surface area contributed by atoms with Gasteiger partial charge < -0.3 is 15.8 Å². The quantitative estimate of drug-likeness (QED) is 0.469. The standard InChI is InChI=1S/C20H16BrN5O/c1-12-5-6-13-3-2-4-16(18(13)25-12)27-20-17(22)19(23-11-24-20)26-15-9-7-14(21)8-10-15/h2-11H,22H2,1H3,(H,23,24,26). The van der Waals surface area contributed by atoms with E-state index in [-0.39, 0.29) is 5.88 Å². The predicted octanol–water partition coefficient (Wildman–Crippen LogP) is 5.21. The van der Waals surface area contributed by atoms with Gasteiger partial charge in [0, 0.05) is 21.2 Å². The number of nitrogens with two attached hydrogens (primary N) is 1. The number of aryl methyl sites for hydroxylation is 1.